The molecule has 2 fully saturated rings. The molecule has 2 aliphatic heterocycles. The molecule has 2 saturated heterocycles. The van der Waals surface area contributed by atoms with E-state index in [1.165, 1.54) is 6.42 Å². The highest BCUT2D eigenvalue weighted by Gasteiger charge is 2.46. The summed E-state index contributed by atoms with van der Waals surface area (Å²) in [4.78, 5) is 2.34. The molecule has 0 radical (unpaired) electrons. The number of rotatable bonds is 4. The highest BCUT2D eigenvalue weighted by atomic mass is 16.5. The van der Waals surface area contributed by atoms with E-state index < -0.39 is 0 Å². The zero-order chi connectivity index (χ0) is 14.7. The fourth-order valence-electron chi connectivity index (χ4n) is 3.56. The van der Waals surface area contributed by atoms with Crippen molar-refractivity contribution in [3.63, 3.8) is 0 Å². The molecule has 2 atom stereocenters. The molecule has 3 heterocycles. The molecule has 21 heavy (non-hydrogen) atoms. The first-order valence-electron chi connectivity index (χ1n) is 7.98. The van der Waals surface area contributed by atoms with E-state index in [-0.39, 0.29) is 5.41 Å². The highest BCUT2D eigenvalue weighted by Crippen LogP contribution is 2.41. The van der Waals surface area contributed by atoms with Gasteiger partial charge in [-0.15, -0.1) is 5.10 Å². The van der Waals surface area contributed by atoms with Gasteiger partial charge in [-0.1, -0.05) is 0 Å². The Morgan fingerprint density at radius 2 is 2.33 bits per heavy atom. The van der Waals surface area contributed by atoms with E-state index in [1.54, 1.807) is 0 Å². The van der Waals surface area contributed by atoms with Crippen molar-refractivity contribution in [1.82, 2.24) is 10.2 Å². The van der Waals surface area contributed by atoms with Crippen LogP contribution < -0.4 is 4.90 Å². The van der Waals surface area contributed by atoms with Crippen molar-refractivity contribution < 1.29 is 9.47 Å². The molecule has 0 N–H and O–H groups in total. The van der Waals surface area contributed by atoms with Crippen LogP contribution in [-0.2, 0) is 9.47 Å². The van der Waals surface area contributed by atoms with E-state index in [2.05, 4.69) is 28.1 Å². The zero-order valence-electron chi connectivity index (χ0n) is 13.0. The number of nitrogens with zero attached hydrogens (tertiary/aromatic N) is 3. The molecule has 0 bridgehead atoms. The minimum Gasteiger partial charge on any atom is -0.381 e. The maximum atomic E-state index is 6.04. The van der Waals surface area contributed by atoms with Crippen LogP contribution in [0.4, 0.5) is 5.82 Å². The second-order valence-electron chi connectivity index (χ2n) is 6.21. The molecule has 0 aliphatic carbocycles. The van der Waals surface area contributed by atoms with Crippen LogP contribution in [0.1, 0.15) is 31.9 Å². The second kappa shape index (κ2) is 6.28. The van der Waals surface area contributed by atoms with Gasteiger partial charge in [-0.25, -0.2) is 0 Å². The van der Waals surface area contributed by atoms with E-state index in [4.69, 9.17) is 9.47 Å². The van der Waals surface area contributed by atoms with Gasteiger partial charge < -0.3 is 14.4 Å². The first kappa shape index (κ1) is 14.7. The quantitative estimate of drug-likeness (QED) is 0.851. The van der Waals surface area contributed by atoms with E-state index in [0.29, 0.717) is 6.10 Å². The predicted octanol–water partition coefficient (Wildman–Crippen LogP) is 2.20. The van der Waals surface area contributed by atoms with Crippen molar-refractivity contribution in [2.75, 3.05) is 37.8 Å². The van der Waals surface area contributed by atoms with Crippen LogP contribution in [-0.4, -0.2) is 49.2 Å². The molecule has 0 amide bonds. The van der Waals surface area contributed by atoms with E-state index >= 15 is 0 Å². The Hall–Kier alpha value is -1.20. The highest BCUT2D eigenvalue weighted by molar-refractivity contribution is 5.39. The number of ether oxygens (including phenoxy) is 2. The summed E-state index contributed by atoms with van der Waals surface area (Å²) < 4.78 is 11.8. The van der Waals surface area contributed by atoms with Crippen molar-refractivity contribution in [3.8, 4) is 0 Å². The van der Waals surface area contributed by atoms with Crippen LogP contribution in [0, 0.1) is 12.3 Å². The molecule has 2 unspecified atom stereocenters. The van der Waals surface area contributed by atoms with Gasteiger partial charge in [-0.3, -0.25) is 0 Å². The molecule has 1 aromatic heterocycles. The number of fused-ring (bicyclic) bond motifs is 1. The molecule has 3 rings (SSSR count). The van der Waals surface area contributed by atoms with Gasteiger partial charge in [-0.05, 0) is 45.2 Å². The zero-order valence-corrected chi connectivity index (χ0v) is 13.0. The Labute approximate surface area is 126 Å². The van der Waals surface area contributed by atoms with Gasteiger partial charge in [0.05, 0.1) is 18.4 Å². The summed E-state index contributed by atoms with van der Waals surface area (Å²) in [5, 5.41) is 8.53. The smallest absolute Gasteiger partial charge is 0.151 e. The molecular weight excluding hydrogens is 266 g/mol. The normalized spacial score (nSPS) is 29.2. The van der Waals surface area contributed by atoms with Gasteiger partial charge in [0.15, 0.2) is 5.82 Å². The van der Waals surface area contributed by atoms with Crippen molar-refractivity contribution in [2.45, 2.75) is 39.2 Å². The largest absolute Gasteiger partial charge is 0.381 e. The minimum absolute atomic E-state index is 0.110. The summed E-state index contributed by atoms with van der Waals surface area (Å²) in [5.74, 6) is 0.973. The molecule has 1 aromatic rings. The van der Waals surface area contributed by atoms with E-state index in [1.807, 2.05) is 13.0 Å². The van der Waals surface area contributed by atoms with Gasteiger partial charge in [0.2, 0.25) is 0 Å². The van der Waals surface area contributed by atoms with Crippen molar-refractivity contribution >= 4 is 5.82 Å². The number of anilines is 1. The maximum Gasteiger partial charge on any atom is 0.151 e. The number of aromatic nitrogens is 2. The Balaban J connectivity index is 1.78. The molecule has 116 valence electrons. The van der Waals surface area contributed by atoms with Crippen LogP contribution in [0.15, 0.2) is 12.1 Å². The lowest BCUT2D eigenvalue weighted by atomic mass is 9.73. The fraction of sp³-hybridized carbons (Fsp3) is 0.750. The third-order valence-electron chi connectivity index (χ3n) is 4.69. The first-order chi connectivity index (χ1) is 10.2. The minimum atomic E-state index is 0.110. The summed E-state index contributed by atoms with van der Waals surface area (Å²) >= 11 is 0. The number of hydrogen-bond acceptors (Lipinski definition) is 5. The third-order valence-corrected chi connectivity index (χ3v) is 4.69. The number of hydrogen-bond donors (Lipinski definition) is 0. The molecule has 5 nitrogen and oxygen atoms in total. The fourth-order valence-corrected chi connectivity index (χ4v) is 3.56. The Morgan fingerprint density at radius 1 is 1.43 bits per heavy atom. The molecular formula is C16H25N3O2. The van der Waals surface area contributed by atoms with E-state index in [9.17, 15) is 0 Å². The SMILES string of the molecule is CCOCC12CCCOC1CCN(c1ccc(C)nn1)C2. The molecule has 0 aromatic carbocycles. The van der Waals surface area contributed by atoms with Gasteiger partial charge in [0, 0.05) is 31.7 Å². The standard InChI is InChI=1S/C16H25N3O2/c1-3-20-12-16-8-4-10-21-14(16)7-9-19(11-16)15-6-5-13(2)17-18-15/h5-6,14H,3-4,7-12H2,1-2H3. The lowest BCUT2D eigenvalue weighted by Crippen LogP contribution is -2.57. The van der Waals surface area contributed by atoms with Crippen LogP contribution in [0.3, 0.4) is 0 Å². The van der Waals surface area contributed by atoms with E-state index in [0.717, 1.165) is 57.3 Å². The first-order valence-corrected chi connectivity index (χ1v) is 7.98. The average molecular weight is 291 g/mol. The predicted molar refractivity (Wildman–Crippen MR) is 81.5 cm³/mol. The second-order valence-corrected chi connectivity index (χ2v) is 6.21. The average Bonchev–Trinajstić information content (AvgIpc) is 2.53. The molecule has 0 saturated carbocycles. The van der Waals surface area contributed by atoms with Gasteiger partial charge in [0.25, 0.3) is 0 Å². The monoisotopic (exact) mass is 291 g/mol. The van der Waals surface area contributed by atoms with Gasteiger partial charge in [0.1, 0.15) is 0 Å². The van der Waals surface area contributed by atoms with Gasteiger partial charge in [-0.2, -0.15) is 5.10 Å². The Kier molecular flexibility index (Phi) is 4.40. The molecule has 2 aliphatic rings. The van der Waals surface area contributed by atoms with Crippen LogP contribution >= 0.6 is 0 Å². The topological polar surface area (TPSA) is 47.5 Å². The van der Waals surface area contributed by atoms with Crippen molar-refractivity contribution in [2.24, 2.45) is 5.41 Å². The van der Waals surface area contributed by atoms with Crippen molar-refractivity contribution in [1.29, 1.82) is 0 Å². The summed E-state index contributed by atoms with van der Waals surface area (Å²) in [7, 11) is 0. The lowest BCUT2D eigenvalue weighted by Gasteiger charge is -2.50. The van der Waals surface area contributed by atoms with Crippen LogP contribution in [0.5, 0.6) is 0 Å². The lowest BCUT2D eigenvalue weighted by molar-refractivity contribution is -0.124. The summed E-state index contributed by atoms with van der Waals surface area (Å²) in [5.41, 5.74) is 1.07. The summed E-state index contributed by atoms with van der Waals surface area (Å²) in [6.45, 7) is 8.40. The maximum absolute atomic E-state index is 6.04. The van der Waals surface area contributed by atoms with Gasteiger partial charge >= 0.3 is 0 Å². The third kappa shape index (κ3) is 3.04. The Morgan fingerprint density at radius 3 is 3.10 bits per heavy atom. The van der Waals surface area contributed by atoms with Crippen molar-refractivity contribution in [3.05, 3.63) is 17.8 Å². The number of aryl methyl sites for hydroxylation is 1. The van der Waals surface area contributed by atoms with Crippen LogP contribution in [0.2, 0.25) is 0 Å². The summed E-state index contributed by atoms with van der Waals surface area (Å²) in [6.07, 6.45) is 3.67. The molecule has 5 heteroatoms. The Bertz CT molecular complexity index is 465. The summed E-state index contributed by atoms with van der Waals surface area (Å²) in [6, 6.07) is 4.10. The number of piperidine rings is 1. The van der Waals surface area contributed by atoms with Crippen LogP contribution in [0.25, 0.3) is 0 Å². The molecule has 0 spiro atoms.